The number of ether oxygens (including phenoxy) is 1. The van der Waals surface area contributed by atoms with E-state index in [1.807, 2.05) is 0 Å². The number of aliphatic hydroxyl groups excluding tert-OH is 2. The lowest BCUT2D eigenvalue weighted by Gasteiger charge is -2.36. The van der Waals surface area contributed by atoms with Crippen LogP contribution in [0.3, 0.4) is 0 Å². The predicted molar refractivity (Wildman–Crippen MR) is 66.5 cm³/mol. The number of nitrogen functional groups attached to an aromatic ring is 1. The Morgan fingerprint density at radius 2 is 2.25 bits per heavy atom. The third-order valence-electron chi connectivity index (χ3n) is 3.48. The van der Waals surface area contributed by atoms with Crippen molar-refractivity contribution in [3.63, 3.8) is 0 Å². The van der Waals surface area contributed by atoms with Gasteiger partial charge in [0.1, 0.15) is 24.1 Å². The van der Waals surface area contributed by atoms with Crippen LogP contribution in [-0.2, 0) is 4.74 Å². The van der Waals surface area contributed by atoms with E-state index in [0.717, 1.165) is 0 Å². The highest BCUT2D eigenvalue weighted by Gasteiger charge is 2.41. The molecule has 0 radical (unpaired) electrons. The molecular formula is C11H14FN5O3. The van der Waals surface area contributed by atoms with Gasteiger partial charge in [-0.3, -0.25) is 0 Å². The summed E-state index contributed by atoms with van der Waals surface area (Å²) in [5.41, 5.74) is 6.42. The maximum atomic E-state index is 14.3. The monoisotopic (exact) mass is 283 g/mol. The number of aliphatic hydroxyl groups is 2. The van der Waals surface area contributed by atoms with Crippen molar-refractivity contribution in [3.8, 4) is 0 Å². The lowest BCUT2D eigenvalue weighted by molar-refractivity contribution is -0.148. The van der Waals surface area contributed by atoms with Crippen molar-refractivity contribution < 1.29 is 19.3 Å². The zero-order chi connectivity index (χ0) is 14.3. The Hall–Kier alpha value is -1.84. The Morgan fingerprint density at radius 3 is 3.00 bits per heavy atom. The van der Waals surface area contributed by atoms with Crippen LogP contribution in [0.2, 0.25) is 0 Å². The number of nitrogens with two attached hydrogens (primary N) is 1. The Labute approximate surface area is 113 Å². The summed E-state index contributed by atoms with van der Waals surface area (Å²) in [4.78, 5) is 11.9. The first kappa shape index (κ1) is 13.2. The Balaban J connectivity index is 1.97. The molecule has 4 N–H and O–H groups in total. The number of alkyl halides is 1. The molecule has 2 aromatic rings. The lowest BCUT2D eigenvalue weighted by atomic mass is 9.99. The topological polar surface area (TPSA) is 119 Å². The first-order chi connectivity index (χ1) is 9.63. The molecule has 1 fully saturated rings. The SMILES string of the molecule is Nc1ncnc2c1ncn2C1COC(CO)C(O)C1F. The minimum absolute atomic E-state index is 0.00117. The summed E-state index contributed by atoms with van der Waals surface area (Å²) < 4.78 is 21.0. The van der Waals surface area contributed by atoms with Gasteiger partial charge in [0.05, 0.1) is 25.6 Å². The summed E-state index contributed by atoms with van der Waals surface area (Å²) in [5, 5.41) is 18.8. The molecule has 0 bridgehead atoms. The second-order valence-electron chi connectivity index (χ2n) is 4.64. The third kappa shape index (κ3) is 1.90. The number of imidazole rings is 1. The summed E-state index contributed by atoms with van der Waals surface area (Å²) >= 11 is 0. The number of anilines is 1. The summed E-state index contributed by atoms with van der Waals surface area (Å²) in [6.45, 7) is -0.438. The Kier molecular flexibility index (Phi) is 3.24. The van der Waals surface area contributed by atoms with E-state index in [1.165, 1.54) is 17.2 Å². The standard InChI is InChI=1S/C11H14FN5O3/c12-7-5(2-20-6(1-18)9(7)19)17-4-16-8-10(13)14-3-15-11(8)17/h3-7,9,18-19H,1-2H2,(H2,13,14,15). The van der Waals surface area contributed by atoms with E-state index < -0.39 is 31.0 Å². The molecule has 0 aliphatic carbocycles. The van der Waals surface area contributed by atoms with Crippen molar-refractivity contribution in [2.45, 2.75) is 24.4 Å². The fourth-order valence-corrected chi connectivity index (χ4v) is 2.35. The van der Waals surface area contributed by atoms with Crippen LogP contribution < -0.4 is 5.73 Å². The average molecular weight is 283 g/mol. The van der Waals surface area contributed by atoms with E-state index in [2.05, 4.69) is 15.0 Å². The van der Waals surface area contributed by atoms with Crippen molar-refractivity contribution in [1.82, 2.24) is 19.5 Å². The quantitative estimate of drug-likeness (QED) is 0.649. The van der Waals surface area contributed by atoms with E-state index in [4.69, 9.17) is 15.6 Å². The van der Waals surface area contributed by atoms with Crippen LogP contribution in [0.15, 0.2) is 12.7 Å². The van der Waals surface area contributed by atoms with E-state index in [0.29, 0.717) is 11.2 Å². The molecule has 3 rings (SSSR count). The highest BCUT2D eigenvalue weighted by atomic mass is 19.1. The molecule has 108 valence electrons. The summed E-state index contributed by atoms with van der Waals surface area (Å²) in [5.74, 6) is 0.203. The van der Waals surface area contributed by atoms with Gasteiger partial charge in [0.25, 0.3) is 0 Å². The minimum atomic E-state index is -1.60. The average Bonchev–Trinajstić information content (AvgIpc) is 2.87. The summed E-state index contributed by atoms with van der Waals surface area (Å²) in [6, 6.07) is -0.785. The smallest absolute Gasteiger partial charge is 0.165 e. The van der Waals surface area contributed by atoms with Gasteiger partial charge >= 0.3 is 0 Å². The van der Waals surface area contributed by atoms with Crippen LogP contribution in [0.5, 0.6) is 0 Å². The number of rotatable bonds is 2. The molecule has 1 saturated heterocycles. The van der Waals surface area contributed by atoms with Gasteiger partial charge in [-0.1, -0.05) is 0 Å². The second-order valence-corrected chi connectivity index (χ2v) is 4.64. The van der Waals surface area contributed by atoms with Crippen LogP contribution in [0.4, 0.5) is 10.2 Å². The molecule has 9 heteroatoms. The number of hydrogen-bond donors (Lipinski definition) is 3. The van der Waals surface area contributed by atoms with Crippen LogP contribution in [-0.4, -0.2) is 61.3 Å². The van der Waals surface area contributed by atoms with Crippen LogP contribution in [0, 0.1) is 0 Å². The molecule has 0 aromatic carbocycles. The molecule has 4 atom stereocenters. The van der Waals surface area contributed by atoms with Gasteiger partial charge in [-0.05, 0) is 0 Å². The molecule has 0 saturated carbocycles. The number of hydrogen-bond acceptors (Lipinski definition) is 7. The molecule has 0 spiro atoms. The van der Waals surface area contributed by atoms with Gasteiger partial charge in [-0.25, -0.2) is 19.3 Å². The third-order valence-corrected chi connectivity index (χ3v) is 3.48. The van der Waals surface area contributed by atoms with Crippen molar-refractivity contribution in [2.24, 2.45) is 0 Å². The van der Waals surface area contributed by atoms with Crippen LogP contribution >= 0.6 is 0 Å². The summed E-state index contributed by atoms with van der Waals surface area (Å²) in [7, 11) is 0. The first-order valence-electron chi connectivity index (χ1n) is 6.11. The van der Waals surface area contributed by atoms with Crippen LogP contribution in [0.1, 0.15) is 6.04 Å². The minimum Gasteiger partial charge on any atom is -0.394 e. The molecule has 3 heterocycles. The molecule has 20 heavy (non-hydrogen) atoms. The molecular weight excluding hydrogens is 269 g/mol. The molecule has 1 aliphatic rings. The van der Waals surface area contributed by atoms with Gasteiger partial charge in [0, 0.05) is 0 Å². The van der Waals surface area contributed by atoms with Crippen LogP contribution in [0.25, 0.3) is 11.2 Å². The molecule has 0 amide bonds. The van der Waals surface area contributed by atoms with Crippen molar-refractivity contribution in [1.29, 1.82) is 0 Å². The zero-order valence-electron chi connectivity index (χ0n) is 10.4. The molecule has 2 aromatic heterocycles. The van der Waals surface area contributed by atoms with Gasteiger partial charge in [0.2, 0.25) is 0 Å². The van der Waals surface area contributed by atoms with E-state index in [-0.39, 0.29) is 12.4 Å². The van der Waals surface area contributed by atoms with Gasteiger partial charge in [0.15, 0.2) is 17.6 Å². The van der Waals surface area contributed by atoms with Gasteiger partial charge < -0.3 is 25.3 Å². The normalized spacial score (nSPS) is 30.8. The van der Waals surface area contributed by atoms with Crippen molar-refractivity contribution >= 4 is 17.0 Å². The number of nitrogens with zero attached hydrogens (tertiary/aromatic N) is 4. The number of fused-ring (bicyclic) bond motifs is 1. The second kappa shape index (κ2) is 4.93. The highest BCUT2D eigenvalue weighted by molar-refractivity contribution is 5.81. The fraction of sp³-hybridized carbons (Fsp3) is 0.545. The maximum Gasteiger partial charge on any atom is 0.165 e. The fourth-order valence-electron chi connectivity index (χ4n) is 2.35. The predicted octanol–water partition coefficient (Wildman–Crippen LogP) is -0.960. The van der Waals surface area contributed by atoms with Crippen molar-refractivity contribution in [2.75, 3.05) is 18.9 Å². The first-order valence-corrected chi connectivity index (χ1v) is 6.11. The number of halogens is 1. The van der Waals surface area contributed by atoms with E-state index >= 15 is 0 Å². The lowest BCUT2D eigenvalue weighted by Crippen LogP contribution is -2.50. The largest absolute Gasteiger partial charge is 0.394 e. The summed E-state index contributed by atoms with van der Waals surface area (Å²) in [6.07, 6.45) is -1.28. The Bertz CT molecular complexity index is 621. The Morgan fingerprint density at radius 1 is 1.45 bits per heavy atom. The zero-order valence-corrected chi connectivity index (χ0v) is 10.4. The van der Waals surface area contributed by atoms with E-state index in [9.17, 15) is 9.50 Å². The molecule has 8 nitrogen and oxygen atoms in total. The van der Waals surface area contributed by atoms with Gasteiger partial charge in [-0.15, -0.1) is 0 Å². The number of aromatic nitrogens is 4. The highest BCUT2D eigenvalue weighted by Crippen LogP contribution is 2.29. The molecule has 4 unspecified atom stereocenters. The van der Waals surface area contributed by atoms with E-state index in [1.54, 1.807) is 0 Å². The van der Waals surface area contributed by atoms with Gasteiger partial charge in [-0.2, -0.15) is 0 Å². The van der Waals surface area contributed by atoms with Crippen molar-refractivity contribution in [3.05, 3.63) is 12.7 Å². The maximum absolute atomic E-state index is 14.3. The molecule has 1 aliphatic heterocycles.